The fourth-order valence-corrected chi connectivity index (χ4v) is 8.07. The number of carbonyl (C=O) groups is 1. The number of nitrogens with two attached hydrogens (primary N) is 1. The van der Waals surface area contributed by atoms with Crippen LogP contribution in [0.15, 0.2) is 0 Å². The lowest BCUT2D eigenvalue weighted by atomic mass is 9.44. The largest absolute Gasteiger partial charge is 0.481 e. The van der Waals surface area contributed by atoms with Gasteiger partial charge in [0.2, 0.25) is 0 Å². The van der Waals surface area contributed by atoms with Crippen molar-refractivity contribution in [1.29, 1.82) is 0 Å². The number of rotatable bonds is 1. The van der Waals surface area contributed by atoms with Crippen LogP contribution in [0.4, 0.5) is 0 Å². The van der Waals surface area contributed by atoms with Crippen LogP contribution in [0, 0.1) is 40.4 Å². The molecule has 0 spiro atoms. The normalized spacial score (nSPS) is 49.9. The van der Waals surface area contributed by atoms with Crippen molar-refractivity contribution in [1.82, 2.24) is 0 Å². The van der Waals surface area contributed by atoms with Gasteiger partial charge in [-0.15, -0.1) is 0 Å². The Bertz CT molecular complexity index is 516. The third-order valence-electron chi connectivity index (χ3n) is 9.40. The maximum Gasteiger partial charge on any atom is 0.300 e. The SMILES string of the molecule is CC(=O)O.CC[C@H]1CC[C@H]2[C@@H]3CCC4C[C@H](N)CC[C@]4(C)[C@H]3CC[C@]12C. The van der Waals surface area contributed by atoms with Crippen LogP contribution in [0.2, 0.25) is 0 Å². The first-order valence-electron chi connectivity index (χ1n) is 11.2. The molecule has 0 radical (unpaired) electrons. The van der Waals surface area contributed by atoms with Gasteiger partial charge in [-0.1, -0.05) is 27.2 Å². The smallest absolute Gasteiger partial charge is 0.300 e. The Labute approximate surface area is 160 Å². The molecule has 4 saturated carbocycles. The molecule has 4 aliphatic rings. The molecule has 3 heteroatoms. The summed E-state index contributed by atoms with van der Waals surface area (Å²) in [5.74, 6) is 4.23. The molecule has 4 aliphatic carbocycles. The molecule has 0 saturated heterocycles. The molecule has 1 unspecified atom stereocenters. The molecular formula is C23H41NO2. The van der Waals surface area contributed by atoms with E-state index in [2.05, 4.69) is 20.8 Å². The number of hydrogen-bond donors (Lipinski definition) is 2. The lowest BCUT2D eigenvalue weighted by Crippen LogP contribution is -2.54. The number of carboxylic acid groups (broad SMARTS) is 1. The second-order valence-electron chi connectivity index (χ2n) is 10.4. The van der Waals surface area contributed by atoms with Gasteiger partial charge in [-0.25, -0.2) is 0 Å². The highest BCUT2D eigenvalue weighted by atomic mass is 16.4. The van der Waals surface area contributed by atoms with Crippen molar-refractivity contribution < 1.29 is 9.90 Å². The van der Waals surface area contributed by atoms with Gasteiger partial charge in [-0.3, -0.25) is 4.79 Å². The van der Waals surface area contributed by atoms with Crippen molar-refractivity contribution in [2.75, 3.05) is 0 Å². The van der Waals surface area contributed by atoms with E-state index in [1.54, 1.807) is 0 Å². The third kappa shape index (κ3) is 3.34. The summed E-state index contributed by atoms with van der Waals surface area (Å²) in [5.41, 5.74) is 7.63. The maximum absolute atomic E-state index is 9.00. The van der Waals surface area contributed by atoms with E-state index in [4.69, 9.17) is 15.6 Å². The van der Waals surface area contributed by atoms with Gasteiger partial charge in [0.05, 0.1) is 0 Å². The van der Waals surface area contributed by atoms with E-state index in [9.17, 15) is 0 Å². The molecule has 0 aliphatic heterocycles. The van der Waals surface area contributed by atoms with Crippen LogP contribution < -0.4 is 5.73 Å². The summed E-state index contributed by atoms with van der Waals surface area (Å²) in [6, 6.07) is 0.499. The number of carboxylic acids is 1. The van der Waals surface area contributed by atoms with E-state index in [-0.39, 0.29) is 0 Å². The van der Waals surface area contributed by atoms with Gasteiger partial charge in [-0.2, -0.15) is 0 Å². The van der Waals surface area contributed by atoms with Crippen LogP contribution in [-0.4, -0.2) is 17.1 Å². The highest BCUT2D eigenvalue weighted by molar-refractivity contribution is 5.62. The van der Waals surface area contributed by atoms with E-state index in [0.29, 0.717) is 16.9 Å². The van der Waals surface area contributed by atoms with Gasteiger partial charge >= 0.3 is 0 Å². The van der Waals surface area contributed by atoms with Crippen LogP contribution in [0.5, 0.6) is 0 Å². The van der Waals surface area contributed by atoms with Crippen LogP contribution >= 0.6 is 0 Å². The Kier molecular flexibility index (Phi) is 5.78. The monoisotopic (exact) mass is 363 g/mol. The highest BCUT2D eigenvalue weighted by Crippen LogP contribution is 2.67. The molecule has 3 N–H and O–H groups in total. The van der Waals surface area contributed by atoms with Crippen molar-refractivity contribution in [3.05, 3.63) is 0 Å². The van der Waals surface area contributed by atoms with E-state index in [1.807, 2.05) is 0 Å². The zero-order valence-electron chi connectivity index (χ0n) is 17.5. The van der Waals surface area contributed by atoms with E-state index < -0.39 is 5.97 Å². The maximum atomic E-state index is 9.00. The predicted octanol–water partition coefficient (Wildman–Crippen LogP) is 5.47. The lowest BCUT2D eigenvalue weighted by Gasteiger charge is -2.61. The molecule has 0 bridgehead atoms. The third-order valence-corrected chi connectivity index (χ3v) is 9.40. The standard InChI is InChI=1S/C21H37N.C2H4O2/c1-4-14-6-8-18-17-7-5-15-13-16(22)9-11-21(15,3)19(17)10-12-20(14,18)2;1-2(3)4/h14-19H,4-13,22H2,1-3H3;1H3,(H,3,4)/t14-,15?,16+,17-,18-,19-,20+,21-;/m0./s1. The zero-order chi connectivity index (χ0) is 19.1. The average Bonchev–Trinajstić information content (AvgIpc) is 2.91. The van der Waals surface area contributed by atoms with Gasteiger partial charge in [-0.05, 0) is 98.2 Å². The Hall–Kier alpha value is -0.570. The van der Waals surface area contributed by atoms with Crippen LogP contribution in [0.25, 0.3) is 0 Å². The first-order chi connectivity index (χ1) is 12.2. The van der Waals surface area contributed by atoms with Crippen molar-refractivity contribution in [3.63, 3.8) is 0 Å². The van der Waals surface area contributed by atoms with Crippen LogP contribution in [0.3, 0.4) is 0 Å². The van der Waals surface area contributed by atoms with Crippen molar-refractivity contribution in [3.8, 4) is 0 Å². The second-order valence-corrected chi connectivity index (χ2v) is 10.4. The molecule has 0 amide bonds. The summed E-state index contributed by atoms with van der Waals surface area (Å²) >= 11 is 0. The summed E-state index contributed by atoms with van der Waals surface area (Å²) in [5, 5.41) is 7.42. The van der Waals surface area contributed by atoms with Gasteiger partial charge < -0.3 is 10.8 Å². The van der Waals surface area contributed by atoms with E-state index in [0.717, 1.165) is 36.5 Å². The summed E-state index contributed by atoms with van der Waals surface area (Å²) in [7, 11) is 0. The highest BCUT2D eigenvalue weighted by Gasteiger charge is 2.59. The van der Waals surface area contributed by atoms with Gasteiger partial charge in [0.15, 0.2) is 0 Å². The molecule has 3 nitrogen and oxygen atoms in total. The molecule has 150 valence electrons. The Morgan fingerprint density at radius 1 is 1.00 bits per heavy atom. The molecular weight excluding hydrogens is 322 g/mol. The molecule has 4 fully saturated rings. The first kappa shape index (κ1) is 20.2. The molecule has 8 atom stereocenters. The van der Waals surface area contributed by atoms with Gasteiger partial charge in [0.1, 0.15) is 0 Å². The Morgan fingerprint density at radius 3 is 2.27 bits per heavy atom. The number of hydrogen-bond acceptors (Lipinski definition) is 2. The number of aliphatic carboxylic acids is 1. The van der Waals surface area contributed by atoms with E-state index >= 15 is 0 Å². The fraction of sp³-hybridized carbons (Fsp3) is 0.957. The topological polar surface area (TPSA) is 63.3 Å². The fourth-order valence-electron chi connectivity index (χ4n) is 8.07. The van der Waals surface area contributed by atoms with Crippen LogP contribution in [0.1, 0.15) is 91.9 Å². The van der Waals surface area contributed by atoms with Crippen molar-refractivity contribution in [2.45, 2.75) is 97.9 Å². The molecule has 0 heterocycles. The molecule has 0 aromatic heterocycles. The second kappa shape index (κ2) is 7.45. The van der Waals surface area contributed by atoms with E-state index in [1.165, 1.54) is 64.2 Å². The van der Waals surface area contributed by atoms with Crippen molar-refractivity contribution in [2.24, 2.45) is 46.2 Å². The van der Waals surface area contributed by atoms with Gasteiger partial charge in [0.25, 0.3) is 5.97 Å². The predicted molar refractivity (Wildman–Crippen MR) is 107 cm³/mol. The Morgan fingerprint density at radius 2 is 1.62 bits per heavy atom. The molecule has 0 aromatic carbocycles. The average molecular weight is 364 g/mol. The summed E-state index contributed by atoms with van der Waals surface area (Å²) in [6.07, 6.45) is 14.5. The summed E-state index contributed by atoms with van der Waals surface area (Å²) in [6.45, 7) is 8.85. The van der Waals surface area contributed by atoms with Crippen LogP contribution in [-0.2, 0) is 4.79 Å². The minimum absolute atomic E-state index is 0.499. The lowest BCUT2D eigenvalue weighted by molar-refractivity contribution is -0.134. The quantitative estimate of drug-likeness (QED) is 0.649. The molecule has 26 heavy (non-hydrogen) atoms. The van der Waals surface area contributed by atoms with Crippen molar-refractivity contribution >= 4 is 5.97 Å². The summed E-state index contributed by atoms with van der Waals surface area (Å²) in [4.78, 5) is 9.00. The zero-order valence-corrected chi connectivity index (χ0v) is 17.5. The first-order valence-corrected chi connectivity index (χ1v) is 11.2. The molecule has 4 rings (SSSR count). The Balaban J connectivity index is 0.000000447. The van der Waals surface area contributed by atoms with Gasteiger partial charge in [0, 0.05) is 13.0 Å². The minimum Gasteiger partial charge on any atom is -0.481 e. The number of fused-ring (bicyclic) bond motifs is 5. The summed E-state index contributed by atoms with van der Waals surface area (Å²) < 4.78 is 0. The molecule has 0 aromatic rings. The minimum atomic E-state index is -0.833.